The van der Waals surface area contributed by atoms with Crippen molar-refractivity contribution >= 4 is 23.2 Å². The molecule has 0 bridgehead atoms. The second kappa shape index (κ2) is 9.16. The molecule has 0 radical (unpaired) electrons. The van der Waals surface area contributed by atoms with Crippen LogP contribution in [0.25, 0.3) is 0 Å². The Hall–Kier alpha value is -1.06. The van der Waals surface area contributed by atoms with E-state index in [4.69, 9.17) is 28.9 Å². The van der Waals surface area contributed by atoms with E-state index in [2.05, 4.69) is 29.6 Å². The largest absolute Gasteiger partial charge is 0.330 e. The van der Waals surface area contributed by atoms with Gasteiger partial charge in [0.25, 0.3) is 0 Å². The number of nitrogens with two attached hydrogens (primary N) is 1. The molecule has 2 nitrogen and oxygen atoms in total. The Kier molecular flexibility index (Phi) is 7.20. The molecule has 2 aromatic rings. The summed E-state index contributed by atoms with van der Waals surface area (Å²) >= 11 is 12.3. The summed E-state index contributed by atoms with van der Waals surface area (Å²) in [5, 5.41) is 4.91. The first-order valence-electron chi connectivity index (χ1n) is 7.62. The van der Waals surface area contributed by atoms with Crippen molar-refractivity contribution in [2.24, 2.45) is 5.73 Å². The van der Waals surface area contributed by atoms with E-state index < -0.39 is 0 Å². The maximum atomic E-state index is 6.17. The third-order valence-corrected chi connectivity index (χ3v) is 4.31. The Morgan fingerprint density at radius 3 is 2.32 bits per heavy atom. The normalized spacial score (nSPS) is 10.9. The van der Waals surface area contributed by atoms with E-state index in [0.717, 1.165) is 54.5 Å². The number of hydrogen-bond acceptors (Lipinski definition) is 2. The fourth-order valence-electron chi connectivity index (χ4n) is 2.42. The van der Waals surface area contributed by atoms with E-state index in [0.29, 0.717) is 0 Å². The third-order valence-electron chi connectivity index (χ3n) is 3.60. The quantitative estimate of drug-likeness (QED) is 0.708. The summed E-state index contributed by atoms with van der Waals surface area (Å²) < 4.78 is 0. The summed E-state index contributed by atoms with van der Waals surface area (Å²) in [5.41, 5.74) is 9.21. The highest BCUT2D eigenvalue weighted by Crippen LogP contribution is 2.24. The zero-order valence-corrected chi connectivity index (χ0v) is 14.1. The summed E-state index contributed by atoms with van der Waals surface area (Å²) in [6.07, 6.45) is 2.90. The average molecular weight is 337 g/mol. The smallest absolute Gasteiger partial charge is 0.0453 e. The molecule has 4 heteroatoms. The Balaban J connectivity index is 1.81. The van der Waals surface area contributed by atoms with Crippen LogP contribution in [0, 0.1) is 0 Å². The third kappa shape index (κ3) is 5.29. The van der Waals surface area contributed by atoms with Crippen molar-refractivity contribution in [2.45, 2.75) is 25.8 Å². The molecule has 22 heavy (non-hydrogen) atoms. The van der Waals surface area contributed by atoms with E-state index in [1.165, 1.54) is 11.1 Å². The highest BCUT2D eigenvalue weighted by atomic mass is 35.5. The Morgan fingerprint density at radius 1 is 0.909 bits per heavy atom. The van der Waals surface area contributed by atoms with Gasteiger partial charge in [0.05, 0.1) is 0 Å². The number of aryl methyl sites for hydroxylation is 1. The van der Waals surface area contributed by atoms with E-state index in [-0.39, 0.29) is 0 Å². The van der Waals surface area contributed by atoms with Gasteiger partial charge >= 0.3 is 0 Å². The van der Waals surface area contributed by atoms with Gasteiger partial charge in [-0.05, 0) is 61.2 Å². The van der Waals surface area contributed by atoms with E-state index in [9.17, 15) is 0 Å². The van der Waals surface area contributed by atoms with Crippen LogP contribution in [-0.2, 0) is 19.4 Å². The lowest BCUT2D eigenvalue weighted by Gasteiger charge is -2.09. The first-order chi connectivity index (χ1) is 10.7. The molecule has 0 atom stereocenters. The SMILES string of the molecule is NCCCc1cccc(CNCCc2c(Cl)cccc2Cl)c1. The first kappa shape index (κ1) is 17.3. The van der Waals surface area contributed by atoms with E-state index in [1.807, 2.05) is 18.2 Å². The second-order valence-electron chi connectivity index (χ2n) is 5.34. The molecule has 0 fully saturated rings. The highest BCUT2D eigenvalue weighted by Gasteiger charge is 2.04. The van der Waals surface area contributed by atoms with Gasteiger partial charge in [-0.2, -0.15) is 0 Å². The van der Waals surface area contributed by atoms with Crippen LogP contribution >= 0.6 is 23.2 Å². The van der Waals surface area contributed by atoms with E-state index >= 15 is 0 Å². The average Bonchev–Trinajstić information content (AvgIpc) is 2.52. The summed E-state index contributed by atoms with van der Waals surface area (Å²) in [6.45, 7) is 2.43. The predicted octanol–water partition coefficient (Wildman–Crippen LogP) is 4.22. The topological polar surface area (TPSA) is 38.0 Å². The lowest BCUT2D eigenvalue weighted by Crippen LogP contribution is -2.17. The van der Waals surface area contributed by atoms with Gasteiger partial charge in [0.15, 0.2) is 0 Å². The number of nitrogens with one attached hydrogen (secondary N) is 1. The monoisotopic (exact) mass is 336 g/mol. The fraction of sp³-hybridized carbons (Fsp3) is 0.333. The molecule has 2 aromatic carbocycles. The van der Waals surface area contributed by atoms with Crippen molar-refractivity contribution in [3.8, 4) is 0 Å². The Bertz CT molecular complexity index is 579. The molecule has 0 aliphatic heterocycles. The number of benzene rings is 2. The van der Waals surface area contributed by atoms with Crippen LogP contribution in [0.5, 0.6) is 0 Å². The predicted molar refractivity (Wildman–Crippen MR) is 95.7 cm³/mol. The molecule has 0 aromatic heterocycles. The lowest BCUT2D eigenvalue weighted by atomic mass is 10.1. The Labute approximate surface area is 142 Å². The lowest BCUT2D eigenvalue weighted by molar-refractivity contribution is 0.686. The van der Waals surface area contributed by atoms with Crippen molar-refractivity contribution in [3.63, 3.8) is 0 Å². The van der Waals surface area contributed by atoms with Crippen molar-refractivity contribution < 1.29 is 0 Å². The molecule has 3 N–H and O–H groups in total. The molecule has 0 spiro atoms. The molecule has 0 amide bonds. The van der Waals surface area contributed by atoms with Gasteiger partial charge < -0.3 is 11.1 Å². The highest BCUT2D eigenvalue weighted by molar-refractivity contribution is 6.35. The number of halogens is 2. The maximum Gasteiger partial charge on any atom is 0.0453 e. The molecule has 2 rings (SSSR count). The van der Waals surface area contributed by atoms with Gasteiger partial charge in [-0.1, -0.05) is 53.5 Å². The summed E-state index contributed by atoms with van der Waals surface area (Å²) in [4.78, 5) is 0. The first-order valence-corrected chi connectivity index (χ1v) is 8.38. The fourth-order valence-corrected chi connectivity index (χ4v) is 3.01. The minimum atomic E-state index is 0.734. The van der Waals surface area contributed by atoms with Crippen LogP contribution in [0.2, 0.25) is 10.0 Å². The van der Waals surface area contributed by atoms with Crippen molar-refractivity contribution in [1.82, 2.24) is 5.32 Å². The van der Waals surface area contributed by atoms with Crippen LogP contribution in [0.1, 0.15) is 23.1 Å². The molecule has 0 heterocycles. The van der Waals surface area contributed by atoms with Crippen molar-refractivity contribution in [2.75, 3.05) is 13.1 Å². The molecule has 0 saturated carbocycles. The van der Waals surface area contributed by atoms with Gasteiger partial charge in [-0.15, -0.1) is 0 Å². The molecule has 0 aliphatic carbocycles. The number of rotatable bonds is 8. The zero-order chi connectivity index (χ0) is 15.8. The molecule has 0 saturated heterocycles. The zero-order valence-electron chi connectivity index (χ0n) is 12.6. The molecular formula is C18H22Cl2N2. The second-order valence-corrected chi connectivity index (χ2v) is 6.15. The minimum absolute atomic E-state index is 0.734. The van der Waals surface area contributed by atoms with Gasteiger partial charge in [-0.3, -0.25) is 0 Å². The molecular weight excluding hydrogens is 315 g/mol. The van der Waals surface area contributed by atoms with Gasteiger partial charge in [-0.25, -0.2) is 0 Å². The van der Waals surface area contributed by atoms with Gasteiger partial charge in [0.1, 0.15) is 0 Å². The van der Waals surface area contributed by atoms with Crippen LogP contribution in [0.15, 0.2) is 42.5 Å². The summed E-state index contributed by atoms with van der Waals surface area (Å²) in [5.74, 6) is 0. The summed E-state index contributed by atoms with van der Waals surface area (Å²) in [6, 6.07) is 14.3. The maximum absolute atomic E-state index is 6.17. The van der Waals surface area contributed by atoms with Gasteiger partial charge in [0.2, 0.25) is 0 Å². The minimum Gasteiger partial charge on any atom is -0.330 e. The van der Waals surface area contributed by atoms with Crippen LogP contribution in [0.4, 0.5) is 0 Å². The Morgan fingerprint density at radius 2 is 1.59 bits per heavy atom. The van der Waals surface area contributed by atoms with Crippen molar-refractivity contribution in [1.29, 1.82) is 0 Å². The standard InChI is InChI=1S/C18H22Cl2N2/c19-17-7-2-8-18(20)16(17)9-11-22-13-15-5-1-4-14(12-15)6-3-10-21/h1-2,4-5,7-8,12,22H,3,6,9-11,13,21H2. The van der Waals surface area contributed by atoms with Crippen LogP contribution < -0.4 is 11.1 Å². The van der Waals surface area contributed by atoms with Gasteiger partial charge in [0, 0.05) is 16.6 Å². The number of hydrogen-bond donors (Lipinski definition) is 2. The summed E-state index contributed by atoms with van der Waals surface area (Å²) in [7, 11) is 0. The molecule has 118 valence electrons. The molecule has 0 unspecified atom stereocenters. The van der Waals surface area contributed by atoms with Crippen LogP contribution in [0.3, 0.4) is 0 Å². The van der Waals surface area contributed by atoms with Crippen molar-refractivity contribution in [3.05, 3.63) is 69.2 Å². The van der Waals surface area contributed by atoms with E-state index in [1.54, 1.807) is 0 Å². The van der Waals surface area contributed by atoms with Crippen LogP contribution in [-0.4, -0.2) is 13.1 Å². The molecule has 0 aliphatic rings.